The third-order valence-corrected chi connectivity index (χ3v) is 6.09. The van der Waals surface area contributed by atoms with Gasteiger partial charge < -0.3 is 29.5 Å². The lowest BCUT2D eigenvalue weighted by atomic mass is 9.95. The molecule has 174 valence electrons. The largest absolute Gasteiger partial charge is 0.497 e. The first-order chi connectivity index (χ1) is 16.1. The molecule has 0 bridgehead atoms. The molecule has 0 spiro atoms. The monoisotopic (exact) mass is 466 g/mol. The van der Waals surface area contributed by atoms with Crippen LogP contribution < -0.4 is 20.9 Å². The van der Waals surface area contributed by atoms with Gasteiger partial charge in [0.25, 0.3) is 17.4 Å². The highest BCUT2D eigenvalue weighted by Crippen LogP contribution is 2.35. The van der Waals surface area contributed by atoms with E-state index in [-0.39, 0.29) is 35.7 Å². The number of carbonyl (C=O) groups excluding carboxylic acids is 3. The number of imide groups is 1. The summed E-state index contributed by atoms with van der Waals surface area (Å²) in [5, 5.41) is 14.4. The Labute approximate surface area is 190 Å². The van der Waals surface area contributed by atoms with Crippen LogP contribution in [-0.2, 0) is 16.9 Å². The van der Waals surface area contributed by atoms with E-state index in [0.717, 1.165) is 0 Å². The SMILES string of the molecule is COc1ccc2c(c1)C(=O)N(C[C@@]1(c3cc4c(C)[nH]c(=O)c(C(=O)O)c4o3)NC(=O)NC1=O)C2. The lowest BCUT2D eigenvalue weighted by Gasteiger charge is -2.29. The number of carboxylic acid groups (broad SMARTS) is 1. The van der Waals surface area contributed by atoms with E-state index in [1.54, 1.807) is 25.1 Å². The molecule has 12 nitrogen and oxygen atoms in total. The minimum atomic E-state index is -1.84. The molecule has 1 aromatic carbocycles. The zero-order valence-electron chi connectivity index (χ0n) is 18.0. The maximum atomic E-state index is 13.1. The van der Waals surface area contributed by atoms with Gasteiger partial charge >= 0.3 is 12.0 Å². The van der Waals surface area contributed by atoms with Crippen molar-refractivity contribution in [3.05, 3.63) is 62.8 Å². The number of urea groups is 1. The van der Waals surface area contributed by atoms with Gasteiger partial charge in [-0.2, -0.15) is 0 Å². The van der Waals surface area contributed by atoms with Crippen LogP contribution in [0.3, 0.4) is 0 Å². The fourth-order valence-electron chi connectivity index (χ4n) is 4.40. The zero-order valence-corrected chi connectivity index (χ0v) is 18.0. The number of aromatic nitrogens is 1. The predicted octanol–water partition coefficient (Wildman–Crippen LogP) is 0.827. The number of hydrogen-bond donors (Lipinski definition) is 4. The van der Waals surface area contributed by atoms with Crippen LogP contribution in [0.2, 0.25) is 0 Å². The molecule has 1 fully saturated rings. The van der Waals surface area contributed by atoms with Crippen molar-refractivity contribution in [1.29, 1.82) is 0 Å². The van der Waals surface area contributed by atoms with Gasteiger partial charge in [-0.05, 0) is 30.7 Å². The Morgan fingerprint density at radius 2 is 2.00 bits per heavy atom. The lowest BCUT2D eigenvalue weighted by Crippen LogP contribution is -2.52. The lowest BCUT2D eigenvalue weighted by molar-refractivity contribution is -0.125. The molecule has 34 heavy (non-hydrogen) atoms. The van der Waals surface area contributed by atoms with Crippen molar-refractivity contribution >= 4 is 34.8 Å². The number of hydrogen-bond acceptors (Lipinski definition) is 7. The molecule has 2 aromatic heterocycles. The van der Waals surface area contributed by atoms with E-state index in [9.17, 15) is 29.1 Å². The molecule has 1 saturated heterocycles. The van der Waals surface area contributed by atoms with Crippen LogP contribution in [0.4, 0.5) is 4.79 Å². The molecular weight excluding hydrogens is 448 g/mol. The van der Waals surface area contributed by atoms with Crippen LogP contribution in [-0.4, -0.2) is 52.5 Å². The second-order valence-corrected chi connectivity index (χ2v) is 8.11. The van der Waals surface area contributed by atoms with Crippen LogP contribution >= 0.6 is 0 Å². The molecule has 0 unspecified atom stereocenters. The number of rotatable bonds is 5. The zero-order chi connectivity index (χ0) is 24.4. The number of H-pyrrole nitrogens is 1. The van der Waals surface area contributed by atoms with Crippen molar-refractivity contribution in [2.75, 3.05) is 13.7 Å². The minimum absolute atomic E-state index is 0.114. The number of nitrogens with one attached hydrogen (secondary N) is 3. The smallest absolute Gasteiger partial charge is 0.345 e. The maximum absolute atomic E-state index is 13.1. The van der Waals surface area contributed by atoms with E-state index in [4.69, 9.17) is 9.15 Å². The summed E-state index contributed by atoms with van der Waals surface area (Å²) in [6, 6.07) is 5.62. The van der Waals surface area contributed by atoms with Gasteiger partial charge in [-0.3, -0.25) is 19.7 Å². The van der Waals surface area contributed by atoms with Gasteiger partial charge in [-0.15, -0.1) is 0 Å². The quantitative estimate of drug-likeness (QED) is 0.400. The molecule has 0 saturated carbocycles. The van der Waals surface area contributed by atoms with Gasteiger partial charge in [0.2, 0.25) is 0 Å². The molecule has 0 aliphatic carbocycles. The number of ether oxygens (including phenoxy) is 1. The molecule has 4 heterocycles. The average molecular weight is 466 g/mol. The summed E-state index contributed by atoms with van der Waals surface area (Å²) in [5.41, 5.74) is -2.16. The standard InChI is InChI=1S/C22H18N4O8/c1-9-12-6-14(34-16(12)15(19(29)30)17(27)23-9)22(20(31)24-21(32)25-22)8-26-7-10-3-4-11(33-2)5-13(10)18(26)28/h3-6H,7-8H2,1-2H3,(H,23,27)(H,29,30)(H2,24,25,31,32)/t22-/m0/s1. The summed E-state index contributed by atoms with van der Waals surface area (Å²) in [4.78, 5) is 66.0. The van der Waals surface area contributed by atoms with Crippen molar-refractivity contribution in [2.24, 2.45) is 0 Å². The number of fused-ring (bicyclic) bond motifs is 2. The Morgan fingerprint density at radius 1 is 1.24 bits per heavy atom. The summed E-state index contributed by atoms with van der Waals surface area (Å²) in [5.74, 6) is -2.29. The molecule has 5 rings (SSSR count). The topological polar surface area (TPSA) is 171 Å². The third kappa shape index (κ3) is 2.95. The number of carbonyl (C=O) groups is 4. The summed E-state index contributed by atoms with van der Waals surface area (Å²) in [6.45, 7) is 1.42. The number of benzene rings is 1. The first-order valence-electron chi connectivity index (χ1n) is 10.1. The number of pyridine rings is 1. The Kier molecular flexibility index (Phi) is 4.50. The van der Waals surface area contributed by atoms with E-state index < -0.39 is 34.6 Å². The number of furan rings is 1. The Morgan fingerprint density at radius 3 is 2.65 bits per heavy atom. The number of amides is 4. The predicted molar refractivity (Wildman–Crippen MR) is 115 cm³/mol. The van der Waals surface area contributed by atoms with E-state index in [0.29, 0.717) is 22.6 Å². The highest BCUT2D eigenvalue weighted by molar-refractivity contribution is 6.09. The van der Waals surface area contributed by atoms with Crippen molar-refractivity contribution in [1.82, 2.24) is 20.5 Å². The van der Waals surface area contributed by atoms with E-state index in [1.807, 2.05) is 0 Å². The maximum Gasteiger partial charge on any atom is 0.345 e. The van der Waals surface area contributed by atoms with E-state index in [2.05, 4.69) is 15.6 Å². The Hall–Kier alpha value is -4.61. The average Bonchev–Trinajstić information content (AvgIpc) is 3.43. The van der Waals surface area contributed by atoms with Crippen LogP contribution in [0, 0.1) is 6.92 Å². The molecule has 0 radical (unpaired) electrons. The number of carboxylic acids is 1. The summed E-state index contributed by atoms with van der Waals surface area (Å²) < 4.78 is 10.9. The summed E-state index contributed by atoms with van der Waals surface area (Å²) in [6.07, 6.45) is 0. The minimum Gasteiger partial charge on any atom is -0.497 e. The number of aryl methyl sites for hydroxylation is 1. The molecule has 12 heteroatoms. The fraction of sp³-hybridized carbons (Fsp3) is 0.227. The van der Waals surface area contributed by atoms with Gasteiger partial charge in [-0.1, -0.05) is 6.07 Å². The van der Waals surface area contributed by atoms with Crippen molar-refractivity contribution < 1.29 is 33.4 Å². The van der Waals surface area contributed by atoms with Gasteiger partial charge in [0, 0.05) is 23.2 Å². The Bertz CT molecular complexity index is 1490. The van der Waals surface area contributed by atoms with Crippen LogP contribution in [0.15, 0.2) is 33.5 Å². The van der Waals surface area contributed by atoms with Gasteiger partial charge in [0.1, 0.15) is 11.5 Å². The number of methoxy groups -OCH3 is 1. The Balaban J connectivity index is 1.62. The van der Waals surface area contributed by atoms with Gasteiger partial charge in [0.15, 0.2) is 16.7 Å². The van der Waals surface area contributed by atoms with Crippen LogP contribution in [0.1, 0.15) is 37.7 Å². The highest BCUT2D eigenvalue weighted by atomic mass is 16.5. The van der Waals surface area contributed by atoms with Crippen LogP contribution in [0.5, 0.6) is 5.75 Å². The van der Waals surface area contributed by atoms with E-state index in [1.165, 1.54) is 18.1 Å². The molecule has 2 aliphatic heterocycles. The fourth-order valence-corrected chi connectivity index (χ4v) is 4.40. The van der Waals surface area contributed by atoms with Crippen LogP contribution in [0.25, 0.3) is 11.0 Å². The van der Waals surface area contributed by atoms with Crippen molar-refractivity contribution in [3.63, 3.8) is 0 Å². The summed E-state index contributed by atoms with van der Waals surface area (Å²) >= 11 is 0. The van der Waals surface area contributed by atoms with Gasteiger partial charge in [0.05, 0.1) is 13.7 Å². The number of aromatic carboxylic acids is 1. The molecule has 3 aromatic rings. The van der Waals surface area contributed by atoms with E-state index >= 15 is 0 Å². The number of aromatic amines is 1. The molecule has 1 atom stereocenters. The summed E-state index contributed by atoms with van der Waals surface area (Å²) in [7, 11) is 1.48. The number of nitrogens with zero attached hydrogens (tertiary/aromatic N) is 1. The second-order valence-electron chi connectivity index (χ2n) is 8.11. The van der Waals surface area contributed by atoms with Crippen molar-refractivity contribution in [2.45, 2.75) is 19.0 Å². The second kappa shape index (κ2) is 7.20. The highest BCUT2D eigenvalue weighted by Gasteiger charge is 2.53. The molecular formula is C22H18N4O8. The van der Waals surface area contributed by atoms with Crippen molar-refractivity contribution in [3.8, 4) is 5.75 Å². The van der Waals surface area contributed by atoms with Gasteiger partial charge in [-0.25, -0.2) is 9.59 Å². The molecule has 2 aliphatic rings. The normalized spacial score (nSPS) is 19.4. The molecule has 4 N–H and O–H groups in total. The first-order valence-corrected chi connectivity index (χ1v) is 10.1. The first kappa shape index (κ1) is 21.2. The molecule has 4 amide bonds. The third-order valence-electron chi connectivity index (χ3n) is 6.09.